The lowest BCUT2D eigenvalue weighted by molar-refractivity contribution is 0.191. The largest absolute Gasteiger partial charge is 0.501 e. The van der Waals surface area contributed by atoms with Crippen LogP contribution in [0.2, 0.25) is 0 Å². The molecule has 1 atom stereocenters. The summed E-state index contributed by atoms with van der Waals surface area (Å²) in [6, 6.07) is 14.0. The molecule has 0 radical (unpaired) electrons. The van der Waals surface area contributed by atoms with Gasteiger partial charge in [-0.3, -0.25) is 10.4 Å². The Hall–Kier alpha value is -3.41. The van der Waals surface area contributed by atoms with Gasteiger partial charge in [0.25, 0.3) is 0 Å². The van der Waals surface area contributed by atoms with Gasteiger partial charge in [-0.05, 0) is 98.2 Å². The fourth-order valence-electron chi connectivity index (χ4n) is 4.92. The fourth-order valence-corrected chi connectivity index (χ4v) is 6.22. The molecule has 8 heteroatoms. The van der Waals surface area contributed by atoms with Gasteiger partial charge in [0.2, 0.25) is 0 Å². The summed E-state index contributed by atoms with van der Waals surface area (Å²) in [4.78, 5) is 4.89. The summed E-state index contributed by atoms with van der Waals surface area (Å²) in [7, 11) is 4.36. The molecule has 2 aromatic carbocycles. The number of amidine groups is 1. The third kappa shape index (κ3) is 12.5. The Labute approximate surface area is 273 Å². The predicted molar refractivity (Wildman–Crippen MR) is 194 cm³/mol. The Morgan fingerprint density at radius 2 is 1.76 bits per heavy atom. The molecule has 0 aliphatic carbocycles. The van der Waals surface area contributed by atoms with Crippen LogP contribution in [0.3, 0.4) is 0 Å². The standard InChI is InChI=1S/C35H49N4O3P.C2H6/c1-6-26(11-14-28(8-3)40-4)34(36)32-16-15-31(41-5)23-33(32)35(37)39-27(7-2)17-20-38-24-25-9-12-29(13-10-25)42-30-18-21-43-22-19-30;1-2/h6,9-16,23,27,30,36,38,43H,1,7-8,17-22,24H2,2-5H3,(H2,37,39);1-2H3/b26-11+,28-14+,36-34?;. The first-order chi connectivity index (χ1) is 21.9. The van der Waals surface area contributed by atoms with Crippen LogP contribution < -0.4 is 20.5 Å². The van der Waals surface area contributed by atoms with Crippen LogP contribution in [0.4, 0.5) is 0 Å². The van der Waals surface area contributed by atoms with Crippen molar-refractivity contribution in [2.75, 3.05) is 33.1 Å². The molecule has 4 N–H and O–H groups in total. The lowest BCUT2D eigenvalue weighted by Crippen LogP contribution is -2.24. The van der Waals surface area contributed by atoms with E-state index in [-0.39, 0.29) is 6.04 Å². The molecule has 7 nitrogen and oxygen atoms in total. The monoisotopic (exact) mass is 634 g/mol. The van der Waals surface area contributed by atoms with Crippen LogP contribution in [0.5, 0.6) is 11.5 Å². The normalized spacial score (nSPS) is 16.8. The van der Waals surface area contributed by atoms with Gasteiger partial charge >= 0.3 is 0 Å². The minimum absolute atomic E-state index is 0.0405. The number of hydrogen-bond donors (Lipinski definition) is 3. The van der Waals surface area contributed by atoms with Crippen molar-refractivity contribution in [1.82, 2.24) is 5.32 Å². The van der Waals surface area contributed by atoms with E-state index in [1.165, 1.54) is 30.7 Å². The molecule has 3 rings (SSSR count). The first-order valence-corrected chi connectivity index (χ1v) is 17.7. The number of hydrogen-bond acceptors (Lipinski definition) is 6. The van der Waals surface area contributed by atoms with E-state index in [4.69, 9.17) is 30.3 Å². The number of nitrogens with zero attached hydrogens (tertiary/aromatic N) is 1. The van der Waals surface area contributed by atoms with E-state index in [9.17, 15) is 0 Å². The molecular formula is C37H55N4O3P. The summed E-state index contributed by atoms with van der Waals surface area (Å²) in [5.41, 5.74) is 10.1. The Kier molecular flexibility index (Phi) is 17.9. The Balaban J connectivity index is 0.00000345. The van der Waals surface area contributed by atoms with Crippen molar-refractivity contribution in [2.45, 2.75) is 78.5 Å². The minimum Gasteiger partial charge on any atom is -0.501 e. The number of aliphatic imine (C=N–C) groups is 1. The number of nitrogens with one attached hydrogen (secondary N) is 2. The molecule has 0 spiro atoms. The lowest BCUT2D eigenvalue weighted by atomic mass is 9.96. The highest BCUT2D eigenvalue weighted by Crippen LogP contribution is 2.26. The quantitative estimate of drug-likeness (QED) is 0.0409. The van der Waals surface area contributed by atoms with Crippen LogP contribution in [0.25, 0.3) is 0 Å². The lowest BCUT2D eigenvalue weighted by Gasteiger charge is -2.23. The zero-order valence-electron chi connectivity index (χ0n) is 28.2. The topological polar surface area (TPSA) is 102 Å². The Morgan fingerprint density at radius 1 is 1.07 bits per heavy atom. The third-order valence-electron chi connectivity index (χ3n) is 7.63. The van der Waals surface area contributed by atoms with Gasteiger partial charge in [-0.25, -0.2) is 0 Å². The molecule has 1 saturated heterocycles. The van der Waals surface area contributed by atoms with E-state index in [2.05, 4.69) is 43.1 Å². The Morgan fingerprint density at radius 3 is 2.36 bits per heavy atom. The summed E-state index contributed by atoms with van der Waals surface area (Å²) >= 11 is 0. The molecule has 1 heterocycles. The number of methoxy groups -OCH3 is 2. The maximum absolute atomic E-state index is 8.95. The zero-order valence-corrected chi connectivity index (χ0v) is 29.2. The molecule has 0 saturated carbocycles. The number of benzene rings is 2. The van der Waals surface area contributed by atoms with Crippen molar-refractivity contribution < 1.29 is 14.2 Å². The van der Waals surface area contributed by atoms with Gasteiger partial charge in [-0.2, -0.15) is 0 Å². The van der Waals surface area contributed by atoms with Crippen molar-refractivity contribution in [3.05, 3.63) is 95.3 Å². The third-order valence-corrected chi connectivity index (χ3v) is 8.91. The second-order valence-corrected chi connectivity index (χ2v) is 12.1. The van der Waals surface area contributed by atoms with Crippen molar-refractivity contribution in [3.8, 4) is 11.5 Å². The average Bonchev–Trinajstić information content (AvgIpc) is 3.09. The molecule has 1 unspecified atom stereocenters. The zero-order chi connectivity index (χ0) is 33.0. The van der Waals surface area contributed by atoms with Crippen LogP contribution in [-0.2, 0) is 11.3 Å². The van der Waals surface area contributed by atoms with Gasteiger partial charge in [0.15, 0.2) is 0 Å². The minimum atomic E-state index is 0.0405. The van der Waals surface area contributed by atoms with Crippen molar-refractivity contribution in [1.29, 1.82) is 5.41 Å². The smallest absolute Gasteiger partial charge is 0.126 e. The van der Waals surface area contributed by atoms with Gasteiger partial charge in [0.05, 0.1) is 37.8 Å². The fraction of sp³-hybridized carbons (Fsp3) is 0.459. The van der Waals surface area contributed by atoms with E-state index < -0.39 is 0 Å². The number of ether oxygens (including phenoxy) is 3. The highest BCUT2D eigenvalue weighted by atomic mass is 31.1. The highest BCUT2D eigenvalue weighted by molar-refractivity contribution is 7.38. The average molecular weight is 635 g/mol. The van der Waals surface area contributed by atoms with E-state index in [1.54, 1.807) is 20.3 Å². The number of nitrogens with two attached hydrogens (primary N) is 1. The van der Waals surface area contributed by atoms with Gasteiger partial charge in [0, 0.05) is 24.1 Å². The van der Waals surface area contributed by atoms with E-state index in [0.717, 1.165) is 52.4 Å². The maximum atomic E-state index is 8.95. The summed E-state index contributed by atoms with van der Waals surface area (Å²) in [5, 5.41) is 12.5. The van der Waals surface area contributed by atoms with Crippen LogP contribution in [0.1, 0.15) is 76.5 Å². The molecule has 2 aromatic rings. The molecule has 45 heavy (non-hydrogen) atoms. The maximum Gasteiger partial charge on any atom is 0.126 e. The van der Waals surface area contributed by atoms with Crippen LogP contribution in [0.15, 0.2) is 83.6 Å². The van der Waals surface area contributed by atoms with Crippen LogP contribution in [-0.4, -0.2) is 56.8 Å². The summed E-state index contributed by atoms with van der Waals surface area (Å²) < 4.78 is 17.0. The van der Waals surface area contributed by atoms with Gasteiger partial charge in [-0.1, -0.05) is 52.5 Å². The summed E-state index contributed by atoms with van der Waals surface area (Å²) in [5.74, 6) is 2.84. The highest BCUT2D eigenvalue weighted by Gasteiger charge is 2.17. The molecular weight excluding hydrogens is 579 g/mol. The first-order valence-electron chi connectivity index (χ1n) is 16.3. The molecule has 0 aromatic heterocycles. The van der Waals surface area contributed by atoms with Crippen molar-refractivity contribution in [2.24, 2.45) is 10.7 Å². The second-order valence-electron chi connectivity index (χ2n) is 10.6. The van der Waals surface area contributed by atoms with Gasteiger partial charge in [0.1, 0.15) is 17.3 Å². The molecule has 246 valence electrons. The number of allylic oxidation sites excluding steroid dienone is 5. The van der Waals surface area contributed by atoms with Gasteiger partial charge < -0.3 is 25.3 Å². The molecule has 0 amide bonds. The Bertz CT molecular complexity index is 1280. The van der Waals surface area contributed by atoms with Crippen molar-refractivity contribution in [3.63, 3.8) is 0 Å². The summed E-state index contributed by atoms with van der Waals surface area (Å²) in [6.07, 6.45) is 13.1. The van der Waals surface area contributed by atoms with E-state index in [1.807, 2.05) is 51.1 Å². The predicted octanol–water partition coefficient (Wildman–Crippen LogP) is 8.03. The molecule has 0 bridgehead atoms. The van der Waals surface area contributed by atoms with Crippen LogP contribution in [0, 0.1) is 5.41 Å². The summed E-state index contributed by atoms with van der Waals surface area (Å²) in [6.45, 7) is 13.7. The van der Waals surface area contributed by atoms with E-state index in [0.29, 0.717) is 40.1 Å². The van der Waals surface area contributed by atoms with E-state index >= 15 is 0 Å². The molecule has 1 aliphatic heterocycles. The molecule has 1 fully saturated rings. The molecule has 1 aliphatic rings. The van der Waals surface area contributed by atoms with Crippen molar-refractivity contribution >= 4 is 20.1 Å². The van der Waals surface area contributed by atoms with Crippen LogP contribution >= 0.6 is 8.58 Å². The SMILES string of the molecule is C=C/C(=C\C=C(/CC)OC)C(=N)c1ccc(OC)cc1C(N)=NC(CC)CCNCc1ccc(OC2CCPCC2)cc1.CC. The van der Waals surface area contributed by atoms with Gasteiger partial charge in [-0.15, -0.1) is 8.58 Å². The first kappa shape index (κ1) is 37.8. The number of rotatable bonds is 17. The second kappa shape index (κ2) is 21.3.